The Morgan fingerprint density at radius 2 is 2.00 bits per heavy atom. The van der Waals surface area contributed by atoms with Crippen molar-refractivity contribution in [2.45, 2.75) is 40.2 Å². The summed E-state index contributed by atoms with van der Waals surface area (Å²) in [6, 6.07) is 4.73. The van der Waals surface area contributed by atoms with Crippen LogP contribution in [0, 0.1) is 11.7 Å². The van der Waals surface area contributed by atoms with Gasteiger partial charge in [-0.15, -0.1) is 0 Å². The summed E-state index contributed by atoms with van der Waals surface area (Å²) in [5.74, 6) is -0.177. The number of nitrogens with zero attached hydrogens (tertiary/aromatic N) is 1. The molecule has 1 atom stereocenters. The normalized spacial score (nSPS) is 12.3. The van der Waals surface area contributed by atoms with E-state index in [9.17, 15) is 9.18 Å². The lowest BCUT2D eigenvalue weighted by atomic mass is 10.0. The number of hydrogen-bond acceptors (Lipinski definition) is 2. The van der Waals surface area contributed by atoms with E-state index in [1.165, 1.54) is 6.07 Å². The number of benzene rings is 1. The second-order valence-corrected chi connectivity index (χ2v) is 5.49. The first-order valence-corrected chi connectivity index (χ1v) is 7.19. The number of amides is 1. The Hall–Kier alpha value is -1.58. The number of halogens is 1. The first kappa shape index (κ1) is 16.5. The van der Waals surface area contributed by atoms with Crippen molar-refractivity contribution in [1.29, 1.82) is 0 Å². The van der Waals surface area contributed by atoms with Crippen molar-refractivity contribution in [3.8, 4) is 0 Å². The van der Waals surface area contributed by atoms with Crippen LogP contribution in [0.25, 0.3) is 0 Å². The molecule has 112 valence electrons. The topological polar surface area (TPSA) is 32.3 Å². The molecule has 0 aliphatic rings. The van der Waals surface area contributed by atoms with Crippen LogP contribution in [-0.2, 0) is 0 Å². The molecule has 1 amide bonds. The van der Waals surface area contributed by atoms with Crippen molar-refractivity contribution >= 4 is 11.6 Å². The van der Waals surface area contributed by atoms with Gasteiger partial charge >= 0.3 is 0 Å². The van der Waals surface area contributed by atoms with Crippen LogP contribution >= 0.6 is 0 Å². The fourth-order valence-electron chi connectivity index (χ4n) is 1.95. The maximum Gasteiger partial charge on any atom is 0.256 e. The zero-order valence-corrected chi connectivity index (χ0v) is 13.0. The first-order chi connectivity index (χ1) is 9.40. The smallest absolute Gasteiger partial charge is 0.256 e. The Bertz CT molecular complexity index is 460. The van der Waals surface area contributed by atoms with E-state index in [1.54, 1.807) is 24.1 Å². The van der Waals surface area contributed by atoms with Gasteiger partial charge in [-0.1, -0.05) is 26.8 Å². The highest BCUT2D eigenvalue weighted by molar-refractivity contribution is 5.99. The van der Waals surface area contributed by atoms with Gasteiger partial charge in [-0.3, -0.25) is 4.79 Å². The molecule has 1 aromatic rings. The Morgan fingerprint density at radius 1 is 1.35 bits per heavy atom. The Balaban J connectivity index is 3.06. The van der Waals surface area contributed by atoms with Gasteiger partial charge in [0, 0.05) is 19.6 Å². The van der Waals surface area contributed by atoms with Gasteiger partial charge in [0.15, 0.2) is 0 Å². The van der Waals surface area contributed by atoms with Crippen molar-refractivity contribution in [3.05, 3.63) is 29.6 Å². The summed E-state index contributed by atoms with van der Waals surface area (Å²) in [6.45, 7) is 8.78. The van der Waals surface area contributed by atoms with Crippen molar-refractivity contribution in [2.75, 3.05) is 18.9 Å². The molecule has 1 aromatic carbocycles. The van der Waals surface area contributed by atoms with Crippen LogP contribution in [0.3, 0.4) is 0 Å². The molecular formula is C16H25FN2O. The third-order valence-corrected chi connectivity index (χ3v) is 3.69. The van der Waals surface area contributed by atoms with Crippen LogP contribution < -0.4 is 5.32 Å². The van der Waals surface area contributed by atoms with E-state index in [4.69, 9.17) is 0 Å². The van der Waals surface area contributed by atoms with Crippen molar-refractivity contribution in [2.24, 2.45) is 5.92 Å². The zero-order chi connectivity index (χ0) is 15.3. The zero-order valence-electron chi connectivity index (χ0n) is 13.0. The summed E-state index contributed by atoms with van der Waals surface area (Å²) in [7, 11) is 1.77. The summed E-state index contributed by atoms with van der Waals surface area (Å²) < 4.78 is 13.9. The third kappa shape index (κ3) is 3.71. The highest BCUT2D eigenvalue weighted by Gasteiger charge is 2.23. The number of carbonyl (C=O) groups is 1. The monoisotopic (exact) mass is 280 g/mol. The van der Waals surface area contributed by atoms with Crippen molar-refractivity contribution in [1.82, 2.24) is 4.90 Å². The molecule has 1 unspecified atom stereocenters. The van der Waals surface area contributed by atoms with Gasteiger partial charge in [0.2, 0.25) is 0 Å². The molecule has 4 heteroatoms. The number of para-hydroxylation sites is 1. The average Bonchev–Trinajstić information content (AvgIpc) is 2.43. The highest BCUT2D eigenvalue weighted by Crippen LogP contribution is 2.23. The lowest BCUT2D eigenvalue weighted by Crippen LogP contribution is -2.38. The minimum Gasteiger partial charge on any atom is -0.382 e. The molecule has 1 rings (SSSR count). The second-order valence-electron chi connectivity index (χ2n) is 5.49. The number of hydrogen-bond donors (Lipinski definition) is 1. The van der Waals surface area contributed by atoms with Crippen LogP contribution in [-0.4, -0.2) is 30.4 Å². The van der Waals surface area contributed by atoms with Crippen LogP contribution in [0.5, 0.6) is 0 Å². The highest BCUT2D eigenvalue weighted by atomic mass is 19.1. The summed E-state index contributed by atoms with van der Waals surface area (Å²) in [5, 5.41) is 3.01. The average molecular weight is 280 g/mol. The van der Waals surface area contributed by atoms with E-state index >= 15 is 0 Å². The van der Waals surface area contributed by atoms with Crippen LogP contribution in [0.15, 0.2) is 18.2 Å². The van der Waals surface area contributed by atoms with E-state index in [-0.39, 0.29) is 17.8 Å². The van der Waals surface area contributed by atoms with Gasteiger partial charge in [0.05, 0.1) is 11.3 Å². The molecule has 0 fully saturated rings. The van der Waals surface area contributed by atoms with E-state index in [1.807, 2.05) is 13.8 Å². The maximum absolute atomic E-state index is 13.9. The SMILES string of the molecule is CCCNc1c(F)cccc1C(=O)N(C)C(C)C(C)C. The van der Waals surface area contributed by atoms with Gasteiger partial charge in [-0.25, -0.2) is 4.39 Å². The standard InChI is InChI=1S/C16H25FN2O/c1-6-10-18-15-13(8-7-9-14(15)17)16(20)19(5)12(4)11(2)3/h7-9,11-12,18H,6,10H2,1-5H3. The van der Waals surface area contributed by atoms with Gasteiger partial charge in [0.25, 0.3) is 5.91 Å². The molecule has 0 bridgehead atoms. The fourth-order valence-corrected chi connectivity index (χ4v) is 1.95. The number of rotatable bonds is 6. The molecule has 0 spiro atoms. The molecule has 0 saturated carbocycles. The first-order valence-electron chi connectivity index (χ1n) is 7.19. The Morgan fingerprint density at radius 3 is 2.55 bits per heavy atom. The van der Waals surface area contributed by atoms with E-state index in [0.717, 1.165) is 6.42 Å². The van der Waals surface area contributed by atoms with E-state index in [0.29, 0.717) is 23.7 Å². The second kappa shape index (κ2) is 7.27. The largest absolute Gasteiger partial charge is 0.382 e. The van der Waals surface area contributed by atoms with Crippen molar-refractivity contribution in [3.63, 3.8) is 0 Å². The summed E-state index contributed by atoms with van der Waals surface area (Å²) >= 11 is 0. The number of anilines is 1. The fraction of sp³-hybridized carbons (Fsp3) is 0.562. The summed E-state index contributed by atoms with van der Waals surface area (Å²) in [6.07, 6.45) is 0.875. The summed E-state index contributed by atoms with van der Waals surface area (Å²) in [4.78, 5) is 14.2. The molecule has 0 aliphatic carbocycles. The van der Waals surface area contributed by atoms with Gasteiger partial charge in [-0.2, -0.15) is 0 Å². The van der Waals surface area contributed by atoms with Crippen molar-refractivity contribution < 1.29 is 9.18 Å². The molecule has 0 saturated heterocycles. The minimum atomic E-state index is -0.380. The molecule has 0 heterocycles. The molecule has 0 radical (unpaired) electrons. The summed E-state index contributed by atoms with van der Waals surface area (Å²) in [5.41, 5.74) is 0.704. The molecule has 1 N–H and O–H groups in total. The molecule has 0 aliphatic heterocycles. The Kier molecular flexibility index (Phi) is 5.99. The predicted molar refractivity (Wildman–Crippen MR) is 81.6 cm³/mol. The predicted octanol–water partition coefficient (Wildman–Crippen LogP) is 3.76. The maximum atomic E-state index is 13.9. The van der Waals surface area contributed by atoms with Gasteiger partial charge < -0.3 is 10.2 Å². The number of nitrogens with one attached hydrogen (secondary N) is 1. The van der Waals surface area contributed by atoms with Crippen LogP contribution in [0.4, 0.5) is 10.1 Å². The minimum absolute atomic E-state index is 0.102. The number of carbonyl (C=O) groups excluding carboxylic acids is 1. The molecule has 20 heavy (non-hydrogen) atoms. The van der Waals surface area contributed by atoms with Gasteiger partial charge in [-0.05, 0) is 31.4 Å². The van der Waals surface area contributed by atoms with Crippen LogP contribution in [0.1, 0.15) is 44.5 Å². The van der Waals surface area contributed by atoms with Crippen LogP contribution in [0.2, 0.25) is 0 Å². The lowest BCUT2D eigenvalue weighted by Gasteiger charge is -2.28. The van der Waals surface area contributed by atoms with E-state index < -0.39 is 0 Å². The third-order valence-electron chi connectivity index (χ3n) is 3.69. The lowest BCUT2D eigenvalue weighted by molar-refractivity contribution is 0.0707. The Labute approximate surface area is 121 Å². The molecule has 3 nitrogen and oxygen atoms in total. The quantitative estimate of drug-likeness (QED) is 0.860. The molecular weight excluding hydrogens is 255 g/mol. The van der Waals surface area contributed by atoms with Gasteiger partial charge in [0.1, 0.15) is 5.82 Å². The van der Waals surface area contributed by atoms with E-state index in [2.05, 4.69) is 19.2 Å². The molecule has 0 aromatic heterocycles.